The molecule has 0 unspecified atom stereocenters. The fraction of sp³-hybridized carbons (Fsp3) is 0.0435. The summed E-state index contributed by atoms with van der Waals surface area (Å²) in [6.45, 7) is 0.448. The van der Waals surface area contributed by atoms with Gasteiger partial charge in [-0.1, -0.05) is 71.5 Å². The number of fused-ring (bicyclic) bond motifs is 3. The number of thiazole rings is 1. The lowest BCUT2D eigenvalue weighted by Crippen LogP contribution is -2.22. The maximum absolute atomic E-state index is 12.9. The summed E-state index contributed by atoms with van der Waals surface area (Å²) in [5.41, 5.74) is 3.49. The lowest BCUT2D eigenvalue weighted by molar-refractivity contribution is 0.306. The summed E-state index contributed by atoms with van der Waals surface area (Å²) in [5.74, 6) is 0.613. The van der Waals surface area contributed by atoms with Crippen molar-refractivity contribution in [2.45, 2.75) is 6.61 Å². The second-order valence-corrected chi connectivity index (χ2v) is 8.01. The molecule has 142 valence electrons. The van der Waals surface area contributed by atoms with Crippen molar-refractivity contribution in [3.05, 3.63) is 104 Å². The van der Waals surface area contributed by atoms with Crippen LogP contribution in [0.15, 0.2) is 77.6 Å². The van der Waals surface area contributed by atoms with Gasteiger partial charge in [0.2, 0.25) is 0 Å². The average Bonchev–Trinajstić information content (AvgIpc) is 3.24. The minimum atomic E-state index is -0.0702. The van der Waals surface area contributed by atoms with Gasteiger partial charge in [0.05, 0.1) is 20.6 Å². The Kier molecular flexibility index (Phi) is 4.54. The molecule has 5 aromatic rings. The van der Waals surface area contributed by atoms with E-state index in [1.54, 1.807) is 4.40 Å². The Morgan fingerprint density at radius 2 is 1.83 bits per heavy atom. The molecule has 6 heteroatoms. The molecular weight excluding hydrogens is 404 g/mol. The maximum atomic E-state index is 12.9. The predicted octanol–water partition coefficient (Wildman–Crippen LogP) is 4.69. The second-order valence-electron chi connectivity index (χ2n) is 6.60. The third kappa shape index (κ3) is 3.39. The van der Waals surface area contributed by atoms with Gasteiger partial charge in [-0.3, -0.25) is 4.79 Å². The van der Waals surface area contributed by atoms with E-state index in [4.69, 9.17) is 16.3 Å². The number of halogens is 1. The first-order valence-electron chi connectivity index (χ1n) is 9.07. The third-order valence-electron chi connectivity index (χ3n) is 4.64. The number of hydrogen-bond donors (Lipinski definition) is 0. The van der Waals surface area contributed by atoms with Gasteiger partial charge in [-0.2, -0.15) is 0 Å². The van der Waals surface area contributed by atoms with Crippen LogP contribution in [-0.4, -0.2) is 9.38 Å². The van der Waals surface area contributed by atoms with E-state index in [1.165, 1.54) is 11.3 Å². The van der Waals surface area contributed by atoms with E-state index < -0.39 is 0 Å². The van der Waals surface area contributed by atoms with E-state index in [-0.39, 0.29) is 5.56 Å². The van der Waals surface area contributed by atoms with E-state index >= 15 is 0 Å². The van der Waals surface area contributed by atoms with Crippen molar-refractivity contribution < 1.29 is 4.74 Å². The minimum Gasteiger partial charge on any atom is -0.487 e. The van der Waals surface area contributed by atoms with Crippen LogP contribution in [0.4, 0.5) is 0 Å². The smallest absolute Gasteiger partial charge is 0.274 e. The van der Waals surface area contributed by atoms with Crippen LogP contribution in [0.2, 0.25) is 5.02 Å². The molecule has 2 aromatic heterocycles. The van der Waals surface area contributed by atoms with E-state index in [0.29, 0.717) is 26.9 Å². The molecule has 0 saturated carbocycles. The van der Waals surface area contributed by atoms with Crippen LogP contribution >= 0.6 is 22.9 Å². The van der Waals surface area contributed by atoms with Crippen molar-refractivity contribution >= 4 is 45.0 Å². The topological polar surface area (TPSA) is 43.6 Å². The summed E-state index contributed by atoms with van der Waals surface area (Å²) in [5, 5.41) is 0.508. The Hall–Kier alpha value is -3.15. The van der Waals surface area contributed by atoms with Crippen LogP contribution in [0.5, 0.6) is 5.75 Å². The summed E-state index contributed by atoms with van der Waals surface area (Å²) < 4.78 is 8.09. The fourth-order valence-electron chi connectivity index (χ4n) is 3.22. The van der Waals surface area contributed by atoms with Crippen LogP contribution in [0.1, 0.15) is 11.1 Å². The molecule has 0 fully saturated rings. The van der Waals surface area contributed by atoms with E-state index in [1.807, 2.05) is 78.9 Å². The number of nitrogens with zero attached hydrogens (tertiary/aromatic N) is 2. The highest BCUT2D eigenvalue weighted by molar-refractivity contribution is 7.15. The Morgan fingerprint density at radius 3 is 2.66 bits per heavy atom. The molecule has 0 atom stereocenters. The molecule has 0 aliphatic heterocycles. The van der Waals surface area contributed by atoms with Crippen molar-refractivity contribution in [3.8, 4) is 5.75 Å². The summed E-state index contributed by atoms with van der Waals surface area (Å²) in [6.07, 6.45) is 1.84. The highest BCUT2D eigenvalue weighted by atomic mass is 35.5. The number of rotatable bonds is 4. The normalized spacial score (nSPS) is 12.1. The van der Waals surface area contributed by atoms with Crippen LogP contribution in [0.25, 0.3) is 22.1 Å². The number of para-hydroxylation sites is 2. The molecule has 0 bridgehead atoms. The minimum absolute atomic E-state index is 0.0702. The molecular formula is C23H15ClN2O2S. The summed E-state index contributed by atoms with van der Waals surface area (Å²) >= 11 is 7.77. The van der Waals surface area contributed by atoms with E-state index in [9.17, 15) is 4.79 Å². The van der Waals surface area contributed by atoms with Crippen molar-refractivity contribution in [1.29, 1.82) is 0 Å². The first-order valence-corrected chi connectivity index (χ1v) is 10.3. The van der Waals surface area contributed by atoms with Gasteiger partial charge < -0.3 is 4.74 Å². The quantitative estimate of drug-likeness (QED) is 0.425. The van der Waals surface area contributed by atoms with Gasteiger partial charge in [0, 0.05) is 0 Å². The van der Waals surface area contributed by atoms with Crippen LogP contribution in [-0.2, 0) is 6.61 Å². The standard InChI is InChI=1S/C23H15ClN2O2S/c24-17-12-16(10-11-20(17)28-14-15-6-2-1-3-7-15)13-21-22(27)26-19-9-5-4-8-18(19)25-23(26)29-21/h1-13H,14H2/b21-13-. The van der Waals surface area contributed by atoms with E-state index in [0.717, 1.165) is 22.2 Å². The third-order valence-corrected chi connectivity index (χ3v) is 5.90. The van der Waals surface area contributed by atoms with Crippen LogP contribution in [0, 0.1) is 0 Å². The maximum Gasteiger partial charge on any atom is 0.274 e. The molecule has 3 aromatic carbocycles. The Labute approximate surface area is 175 Å². The molecule has 4 nitrogen and oxygen atoms in total. The molecule has 29 heavy (non-hydrogen) atoms. The van der Waals surface area contributed by atoms with Gasteiger partial charge >= 0.3 is 0 Å². The average molecular weight is 419 g/mol. The molecule has 0 aliphatic rings. The molecule has 0 amide bonds. The van der Waals surface area contributed by atoms with Crippen molar-refractivity contribution in [3.63, 3.8) is 0 Å². The predicted molar refractivity (Wildman–Crippen MR) is 118 cm³/mol. The highest BCUT2D eigenvalue weighted by Crippen LogP contribution is 2.26. The van der Waals surface area contributed by atoms with E-state index in [2.05, 4.69) is 4.98 Å². The SMILES string of the molecule is O=c1/c(=C/c2ccc(OCc3ccccc3)c(Cl)c2)sc2nc3ccccc3n12. The number of ether oxygens (including phenoxy) is 1. The van der Waals surface area contributed by atoms with Gasteiger partial charge in [0.25, 0.3) is 5.56 Å². The zero-order valence-electron chi connectivity index (χ0n) is 15.2. The zero-order chi connectivity index (χ0) is 19.8. The number of aromatic nitrogens is 2. The molecule has 0 N–H and O–H groups in total. The van der Waals surface area contributed by atoms with Crippen molar-refractivity contribution in [2.24, 2.45) is 0 Å². The van der Waals surface area contributed by atoms with Crippen LogP contribution < -0.4 is 14.8 Å². The Bertz CT molecular complexity index is 1440. The highest BCUT2D eigenvalue weighted by Gasteiger charge is 2.11. The van der Waals surface area contributed by atoms with Gasteiger partial charge in [0.1, 0.15) is 12.4 Å². The monoisotopic (exact) mass is 418 g/mol. The largest absolute Gasteiger partial charge is 0.487 e. The van der Waals surface area contributed by atoms with Gasteiger partial charge in [-0.25, -0.2) is 9.38 Å². The first kappa shape index (κ1) is 17.9. The lowest BCUT2D eigenvalue weighted by atomic mass is 10.2. The van der Waals surface area contributed by atoms with Crippen molar-refractivity contribution in [1.82, 2.24) is 9.38 Å². The number of imidazole rings is 1. The molecule has 0 aliphatic carbocycles. The van der Waals surface area contributed by atoms with Crippen LogP contribution in [0.3, 0.4) is 0 Å². The van der Waals surface area contributed by atoms with Gasteiger partial charge in [-0.15, -0.1) is 0 Å². The first-order chi connectivity index (χ1) is 14.2. The molecule has 2 heterocycles. The second kappa shape index (κ2) is 7.35. The summed E-state index contributed by atoms with van der Waals surface area (Å²) in [4.78, 5) is 18.1. The fourth-order valence-corrected chi connectivity index (χ4v) is 4.45. The summed E-state index contributed by atoms with van der Waals surface area (Å²) in [7, 11) is 0. The van der Waals surface area contributed by atoms with Crippen molar-refractivity contribution in [2.75, 3.05) is 0 Å². The number of benzene rings is 3. The zero-order valence-corrected chi connectivity index (χ0v) is 16.8. The molecule has 0 spiro atoms. The molecule has 0 saturated heterocycles. The Morgan fingerprint density at radius 1 is 1.03 bits per heavy atom. The molecule has 0 radical (unpaired) electrons. The van der Waals surface area contributed by atoms with Gasteiger partial charge in [-0.05, 0) is 41.5 Å². The summed E-state index contributed by atoms with van der Waals surface area (Å²) in [6, 6.07) is 23.1. The van der Waals surface area contributed by atoms with Gasteiger partial charge in [0.15, 0.2) is 4.96 Å². The molecule has 5 rings (SSSR count). The lowest BCUT2D eigenvalue weighted by Gasteiger charge is -2.08. The number of hydrogen-bond acceptors (Lipinski definition) is 4. The Balaban J connectivity index is 1.47.